The number of benzene rings is 4. The lowest BCUT2D eigenvalue weighted by atomic mass is 9.94. The van der Waals surface area contributed by atoms with Crippen molar-refractivity contribution in [2.45, 2.75) is 37.7 Å². The molecule has 1 aromatic heterocycles. The molecule has 0 spiro atoms. The van der Waals surface area contributed by atoms with E-state index >= 15 is 0 Å². The van der Waals surface area contributed by atoms with E-state index in [1.807, 2.05) is 118 Å². The Bertz CT molecular complexity index is 1840. The van der Waals surface area contributed by atoms with Crippen LogP contribution in [0.15, 0.2) is 113 Å². The van der Waals surface area contributed by atoms with Gasteiger partial charge < -0.3 is 15.4 Å². The number of fused-ring (bicyclic) bond motifs is 1. The van der Waals surface area contributed by atoms with Crippen LogP contribution in [-0.4, -0.2) is 20.7 Å². The molecular weight excluding hydrogens is 578 g/mol. The minimum absolute atomic E-state index is 0.218. The first-order chi connectivity index (χ1) is 20.9. The minimum Gasteiger partial charge on any atom is -0.457 e. The van der Waals surface area contributed by atoms with Gasteiger partial charge >= 0.3 is 0 Å². The molecule has 5 aromatic rings. The molecule has 0 fully saturated rings. The Labute approximate surface area is 260 Å². The molecule has 7 nitrogen and oxygen atoms in total. The third kappa shape index (κ3) is 6.16. The van der Waals surface area contributed by atoms with Crippen LogP contribution in [0.5, 0.6) is 11.5 Å². The second-order valence-corrected chi connectivity index (χ2v) is 11.6. The number of amides is 1. The maximum atomic E-state index is 14.0. The Morgan fingerprint density at radius 1 is 0.953 bits per heavy atom. The van der Waals surface area contributed by atoms with Crippen molar-refractivity contribution in [1.29, 1.82) is 0 Å². The number of nitrogens with one attached hydrogen (secondary N) is 2. The van der Waals surface area contributed by atoms with E-state index in [-0.39, 0.29) is 5.91 Å². The molecule has 1 aliphatic heterocycles. The number of carbonyl (C=O) groups excluding carboxylic acids is 1. The van der Waals surface area contributed by atoms with Crippen LogP contribution in [0.3, 0.4) is 0 Å². The predicted molar refractivity (Wildman–Crippen MR) is 173 cm³/mol. The number of carbonyl (C=O) groups is 1. The molecule has 0 saturated heterocycles. The Morgan fingerprint density at radius 3 is 2.51 bits per heavy atom. The Hall–Kier alpha value is -4.53. The Balaban J connectivity index is 1.38. The zero-order valence-electron chi connectivity index (χ0n) is 24.0. The van der Waals surface area contributed by atoms with E-state index in [0.717, 1.165) is 33.7 Å². The van der Waals surface area contributed by atoms with Gasteiger partial charge in [-0.2, -0.15) is 4.98 Å². The van der Waals surface area contributed by atoms with Crippen LogP contribution in [0.25, 0.3) is 0 Å². The van der Waals surface area contributed by atoms with Gasteiger partial charge in [0.25, 0.3) is 5.91 Å². The molecule has 1 unspecified atom stereocenters. The lowest BCUT2D eigenvalue weighted by Gasteiger charge is -2.29. The van der Waals surface area contributed by atoms with Gasteiger partial charge in [-0.1, -0.05) is 84.0 Å². The van der Waals surface area contributed by atoms with Crippen molar-refractivity contribution < 1.29 is 9.53 Å². The summed E-state index contributed by atoms with van der Waals surface area (Å²) in [6, 6.07) is 30.4. The average Bonchev–Trinajstić information content (AvgIpc) is 3.41. The Kier molecular flexibility index (Phi) is 8.22. The summed E-state index contributed by atoms with van der Waals surface area (Å²) in [4.78, 5) is 18.8. The Morgan fingerprint density at radius 2 is 1.70 bits per heavy atom. The number of thioether (sulfide) groups is 1. The molecule has 216 valence electrons. The smallest absolute Gasteiger partial charge is 0.255 e. The fourth-order valence-corrected chi connectivity index (χ4v) is 6.12. The molecule has 2 heterocycles. The second kappa shape index (κ2) is 12.4. The molecule has 9 heteroatoms. The lowest BCUT2D eigenvalue weighted by molar-refractivity contribution is -0.113. The van der Waals surface area contributed by atoms with E-state index in [9.17, 15) is 4.79 Å². The summed E-state index contributed by atoms with van der Waals surface area (Å²) >= 11 is 7.88. The van der Waals surface area contributed by atoms with E-state index in [0.29, 0.717) is 38.9 Å². The van der Waals surface area contributed by atoms with E-state index in [1.165, 1.54) is 11.8 Å². The van der Waals surface area contributed by atoms with Crippen LogP contribution < -0.4 is 15.4 Å². The largest absolute Gasteiger partial charge is 0.457 e. The number of anilines is 2. The highest BCUT2D eigenvalue weighted by atomic mass is 35.5. The summed E-state index contributed by atoms with van der Waals surface area (Å²) in [7, 11) is 0. The molecule has 0 radical (unpaired) electrons. The molecule has 1 atom stereocenters. The van der Waals surface area contributed by atoms with Gasteiger partial charge in [0.2, 0.25) is 11.1 Å². The van der Waals surface area contributed by atoms with Gasteiger partial charge in [-0.05, 0) is 79.4 Å². The summed E-state index contributed by atoms with van der Waals surface area (Å²) in [5, 5.41) is 12.6. The van der Waals surface area contributed by atoms with E-state index in [4.69, 9.17) is 26.4 Å². The lowest BCUT2D eigenvalue weighted by Crippen LogP contribution is -2.31. The number of rotatable bonds is 8. The molecular formula is C34H30ClN5O2S. The number of aryl methyl sites for hydroxylation is 1. The number of aromatic nitrogens is 3. The normalized spacial score (nSPS) is 14.2. The van der Waals surface area contributed by atoms with Crippen molar-refractivity contribution in [2.24, 2.45) is 0 Å². The average molecular weight is 608 g/mol. The third-order valence-electron chi connectivity index (χ3n) is 7.40. The standard InChI is InChI=1S/C34H30ClN5O2S/c1-21-11-9-18-29(22(21)2)37-32(41)30-23(3)36-33-38-34(43-20-25-12-7-8-17-28(25)35)39-40(33)31(30)24-13-10-16-27(19-24)42-26-14-5-4-6-15-26/h4-19,31H,20H2,1-3H3,(H,37,41)(H,36,38,39). The summed E-state index contributed by atoms with van der Waals surface area (Å²) in [6.45, 7) is 5.93. The number of halogens is 1. The van der Waals surface area contributed by atoms with Crippen LogP contribution in [-0.2, 0) is 10.5 Å². The van der Waals surface area contributed by atoms with Crippen LogP contribution in [0.2, 0.25) is 5.02 Å². The first-order valence-corrected chi connectivity index (χ1v) is 15.2. The van der Waals surface area contributed by atoms with Crippen molar-refractivity contribution in [1.82, 2.24) is 14.8 Å². The fraction of sp³-hybridized carbons (Fsp3) is 0.147. The van der Waals surface area contributed by atoms with Crippen LogP contribution >= 0.6 is 23.4 Å². The summed E-state index contributed by atoms with van der Waals surface area (Å²) in [6.07, 6.45) is 0. The zero-order valence-corrected chi connectivity index (χ0v) is 25.5. The van der Waals surface area contributed by atoms with E-state index < -0.39 is 6.04 Å². The van der Waals surface area contributed by atoms with Gasteiger partial charge in [-0.15, -0.1) is 5.10 Å². The van der Waals surface area contributed by atoms with E-state index in [2.05, 4.69) is 10.6 Å². The van der Waals surface area contributed by atoms with E-state index in [1.54, 1.807) is 4.68 Å². The molecule has 0 aliphatic carbocycles. The van der Waals surface area contributed by atoms with Gasteiger partial charge in [-0.3, -0.25) is 4.79 Å². The van der Waals surface area contributed by atoms with Crippen LogP contribution in [0.4, 0.5) is 11.6 Å². The van der Waals surface area contributed by atoms with Gasteiger partial charge in [0.15, 0.2) is 0 Å². The first-order valence-electron chi connectivity index (χ1n) is 13.9. The highest BCUT2D eigenvalue weighted by Crippen LogP contribution is 2.39. The molecule has 1 aliphatic rings. The molecule has 1 amide bonds. The summed E-state index contributed by atoms with van der Waals surface area (Å²) in [5.41, 5.74) is 5.97. The van der Waals surface area contributed by atoms with Gasteiger partial charge in [0.1, 0.15) is 17.5 Å². The fourth-order valence-electron chi connectivity index (χ4n) is 5.00. The predicted octanol–water partition coefficient (Wildman–Crippen LogP) is 8.56. The summed E-state index contributed by atoms with van der Waals surface area (Å²) < 4.78 is 7.93. The van der Waals surface area contributed by atoms with Gasteiger partial charge in [0.05, 0.1) is 5.57 Å². The highest BCUT2D eigenvalue weighted by molar-refractivity contribution is 7.98. The highest BCUT2D eigenvalue weighted by Gasteiger charge is 2.35. The molecule has 0 bridgehead atoms. The number of nitrogens with zero attached hydrogens (tertiary/aromatic N) is 3. The van der Waals surface area contributed by atoms with Crippen molar-refractivity contribution in [3.05, 3.63) is 136 Å². The third-order valence-corrected chi connectivity index (χ3v) is 8.65. The quantitative estimate of drug-likeness (QED) is 0.172. The maximum Gasteiger partial charge on any atom is 0.255 e. The van der Waals surface area contributed by atoms with Crippen molar-refractivity contribution in [2.75, 3.05) is 10.6 Å². The number of para-hydroxylation sites is 1. The number of allylic oxidation sites excluding steroid dienone is 1. The first kappa shape index (κ1) is 28.6. The van der Waals surface area contributed by atoms with Gasteiger partial charge in [0, 0.05) is 22.2 Å². The van der Waals surface area contributed by atoms with Crippen LogP contribution in [0, 0.1) is 13.8 Å². The maximum absolute atomic E-state index is 14.0. The molecule has 6 rings (SSSR count). The number of hydrogen-bond donors (Lipinski definition) is 2. The molecule has 43 heavy (non-hydrogen) atoms. The molecule has 4 aromatic carbocycles. The summed E-state index contributed by atoms with van der Waals surface area (Å²) in [5.74, 6) is 2.33. The second-order valence-electron chi connectivity index (χ2n) is 10.3. The topological polar surface area (TPSA) is 81.1 Å². The van der Waals surface area contributed by atoms with Crippen LogP contribution in [0.1, 0.15) is 35.2 Å². The molecule has 2 N–H and O–H groups in total. The SMILES string of the molecule is CC1=C(C(=O)Nc2cccc(C)c2C)C(c2cccc(Oc3ccccc3)c2)n2nc(SCc3ccccc3Cl)nc2N1. The minimum atomic E-state index is -0.553. The van der Waals surface area contributed by atoms with Crippen molar-refractivity contribution in [3.8, 4) is 11.5 Å². The number of hydrogen-bond acceptors (Lipinski definition) is 6. The van der Waals surface area contributed by atoms with Crippen molar-refractivity contribution in [3.63, 3.8) is 0 Å². The molecule has 0 saturated carbocycles. The number of ether oxygens (including phenoxy) is 1. The van der Waals surface area contributed by atoms with Gasteiger partial charge in [-0.25, -0.2) is 4.68 Å². The zero-order chi connectivity index (χ0) is 29.9. The van der Waals surface area contributed by atoms with Crippen molar-refractivity contribution >= 4 is 40.9 Å². The monoisotopic (exact) mass is 607 g/mol.